The fourth-order valence-electron chi connectivity index (χ4n) is 3.53. The van der Waals surface area contributed by atoms with Crippen LogP contribution in [0, 0.1) is 13.8 Å². The van der Waals surface area contributed by atoms with E-state index in [9.17, 15) is 8.42 Å². The van der Waals surface area contributed by atoms with Crippen LogP contribution in [0.2, 0.25) is 0 Å². The lowest BCUT2D eigenvalue weighted by Crippen LogP contribution is -2.32. The van der Waals surface area contributed by atoms with Crippen LogP contribution in [0.5, 0.6) is 0 Å². The Hall–Kier alpha value is -1.65. The highest BCUT2D eigenvalue weighted by Gasteiger charge is 2.28. The van der Waals surface area contributed by atoms with Crippen molar-refractivity contribution in [2.75, 3.05) is 13.1 Å². The summed E-state index contributed by atoms with van der Waals surface area (Å²) < 4.78 is 27.4. The van der Waals surface area contributed by atoms with Crippen LogP contribution in [0.25, 0.3) is 0 Å². The highest BCUT2D eigenvalue weighted by atomic mass is 32.2. The van der Waals surface area contributed by atoms with Crippen molar-refractivity contribution in [3.8, 4) is 0 Å². The Balaban J connectivity index is 1.78. The van der Waals surface area contributed by atoms with Gasteiger partial charge in [-0.05, 0) is 62.3 Å². The quantitative estimate of drug-likeness (QED) is 0.835. The van der Waals surface area contributed by atoms with Gasteiger partial charge in [0.05, 0.1) is 4.90 Å². The lowest BCUT2D eigenvalue weighted by Gasteiger charge is -2.21. The van der Waals surface area contributed by atoms with Crippen molar-refractivity contribution in [2.45, 2.75) is 43.9 Å². The summed E-state index contributed by atoms with van der Waals surface area (Å²) in [6.45, 7) is 5.31. The highest BCUT2D eigenvalue weighted by molar-refractivity contribution is 7.89. The van der Waals surface area contributed by atoms with Crippen LogP contribution in [0.1, 0.15) is 41.9 Å². The summed E-state index contributed by atoms with van der Waals surface area (Å²) in [5.74, 6) is 0.449. The number of hydrogen-bond donors (Lipinski definition) is 0. The predicted molar refractivity (Wildman–Crippen MR) is 97.7 cm³/mol. The number of nitrogens with zero attached hydrogens (tertiary/aromatic N) is 1. The van der Waals surface area contributed by atoms with Crippen molar-refractivity contribution >= 4 is 10.0 Å². The molecule has 128 valence electrons. The topological polar surface area (TPSA) is 37.4 Å². The Bertz CT molecular complexity index is 797. The summed E-state index contributed by atoms with van der Waals surface area (Å²) in [5, 5.41) is 0. The molecule has 0 aromatic heterocycles. The van der Waals surface area contributed by atoms with E-state index >= 15 is 0 Å². The van der Waals surface area contributed by atoms with Crippen LogP contribution in [-0.4, -0.2) is 25.8 Å². The molecule has 1 aliphatic rings. The second kappa shape index (κ2) is 7.08. The first-order chi connectivity index (χ1) is 11.5. The van der Waals surface area contributed by atoms with Gasteiger partial charge in [-0.2, -0.15) is 4.31 Å². The molecular formula is C20H25NO2S. The molecule has 3 rings (SSSR count). The van der Waals surface area contributed by atoms with E-state index in [2.05, 4.69) is 31.2 Å². The molecule has 1 atom stereocenters. The van der Waals surface area contributed by atoms with Crippen LogP contribution < -0.4 is 0 Å². The molecule has 1 heterocycles. The van der Waals surface area contributed by atoms with Crippen molar-refractivity contribution < 1.29 is 8.42 Å². The predicted octanol–water partition coefficient (Wildman–Crippen LogP) is 4.26. The number of sulfonamides is 1. The first kappa shape index (κ1) is 17.2. The van der Waals surface area contributed by atoms with Gasteiger partial charge < -0.3 is 0 Å². The standard InChI is InChI=1S/C20H25NO2S/c1-16-9-11-19(12-10-16)24(22,23)21-14-5-7-18(13-15-21)20-8-4-3-6-17(20)2/h3-4,6,8-12,18H,5,7,13-15H2,1-2H3. The minimum absolute atomic E-state index is 0.405. The smallest absolute Gasteiger partial charge is 0.207 e. The second-order valence-corrected chi connectivity index (χ2v) is 8.64. The largest absolute Gasteiger partial charge is 0.243 e. The van der Waals surface area contributed by atoms with Crippen molar-refractivity contribution in [1.82, 2.24) is 4.31 Å². The van der Waals surface area contributed by atoms with Crippen LogP contribution in [0.15, 0.2) is 53.4 Å². The zero-order valence-electron chi connectivity index (χ0n) is 14.4. The summed E-state index contributed by atoms with van der Waals surface area (Å²) >= 11 is 0. The maximum absolute atomic E-state index is 12.9. The maximum atomic E-state index is 12.9. The second-order valence-electron chi connectivity index (χ2n) is 6.70. The molecule has 2 aromatic rings. The molecule has 3 nitrogen and oxygen atoms in total. The first-order valence-electron chi connectivity index (χ1n) is 8.61. The molecule has 1 saturated heterocycles. The summed E-state index contributed by atoms with van der Waals surface area (Å²) in [5.41, 5.74) is 3.74. The average molecular weight is 343 g/mol. The summed E-state index contributed by atoms with van der Waals surface area (Å²) in [7, 11) is -3.38. The lowest BCUT2D eigenvalue weighted by atomic mass is 9.89. The zero-order valence-corrected chi connectivity index (χ0v) is 15.2. The zero-order chi connectivity index (χ0) is 17.2. The molecule has 1 fully saturated rings. The van der Waals surface area contributed by atoms with Gasteiger partial charge >= 0.3 is 0 Å². The van der Waals surface area contributed by atoms with Crippen molar-refractivity contribution in [1.29, 1.82) is 0 Å². The van der Waals surface area contributed by atoms with Crippen molar-refractivity contribution in [3.05, 3.63) is 65.2 Å². The minimum Gasteiger partial charge on any atom is -0.207 e. The third kappa shape index (κ3) is 3.55. The van der Waals surface area contributed by atoms with Crippen molar-refractivity contribution in [2.24, 2.45) is 0 Å². The molecule has 0 bridgehead atoms. The Labute approximate surface area is 145 Å². The van der Waals surface area contributed by atoms with Gasteiger partial charge in [0.2, 0.25) is 10.0 Å². The van der Waals surface area contributed by atoms with Gasteiger partial charge in [0.25, 0.3) is 0 Å². The fraction of sp³-hybridized carbons (Fsp3) is 0.400. The van der Waals surface area contributed by atoms with E-state index in [-0.39, 0.29) is 0 Å². The monoisotopic (exact) mass is 343 g/mol. The summed E-state index contributed by atoms with van der Waals surface area (Å²) in [6, 6.07) is 15.6. The normalized spacial score (nSPS) is 19.8. The SMILES string of the molecule is Cc1ccc(S(=O)(=O)N2CCCC(c3ccccc3C)CC2)cc1. The van der Waals surface area contributed by atoms with Gasteiger partial charge in [0.15, 0.2) is 0 Å². The summed E-state index contributed by atoms with van der Waals surface area (Å²) in [6.07, 6.45) is 2.84. The van der Waals surface area contributed by atoms with E-state index in [0.717, 1.165) is 24.8 Å². The molecule has 0 aliphatic carbocycles. The van der Waals surface area contributed by atoms with E-state index in [1.165, 1.54) is 11.1 Å². The van der Waals surface area contributed by atoms with Crippen molar-refractivity contribution in [3.63, 3.8) is 0 Å². The van der Waals surface area contributed by atoms with Crippen LogP contribution >= 0.6 is 0 Å². The van der Waals surface area contributed by atoms with E-state index in [1.807, 2.05) is 19.1 Å². The molecular weight excluding hydrogens is 318 g/mol. The van der Waals surface area contributed by atoms with Gasteiger partial charge in [-0.1, -0.05) is 42.0 Å². The van der Waals surface area contributed by atoms with Gasteiger partial charge in [0.1, 0.15) is 0 Å². The molecule has 4 heteroatoms. The van der Waals surface area contributed by atoms with Crippen LogP contribution in [0.4, 0.5) is 0 Å². The molecule has 24 heavy (non-hydrogen) atoms. The third-order valence-corrected chi connectivity index (χ3v) is 6.89. The number of rotatable bonds is 3. The van der Waals surface area contributed by atoms with E-state index in [1.54, 1.807) is 16.4 Å². The average Bonchev–Trinajstić information content (AvgIpc) is 2.82. The van der Waals surface area contributed by atoms with E-state index in [0.29, 0.717) is 23.9 Å². The molecule has 0 N–H and O–H groups in total. The Morgan fingerprint density at radius 3 is 2.33 bits per heavy atom. The molecule has 0 spiro atoms. The maximum Gasteiger partial charge on any atom is 0.243 e. The van der Waals surface area contributed by atoms with Crippen LogP contribution in [-0.2, 0) is 10.0 Å². The third-order valence-electron chi connectivity index (χ3n) is 4.97. The molecule has 2 aromatic carbocycles. The lowest BCUT2D eigenvalue weighted by molar-refractivity contribution is 0.421. The van der Waals surface area contributed by atoms with Crippen LogP contribution in [0.3, 0.4) is 0 Å². The van der Waals surface area contributed by atoms with Gasteiger partial charge in [-0.25, -0.2) is 8.42 Å². The molecule has 0 saturated carbocycles. The van der Waals surface area contributed by atoms with E-state index in [4.69, 9.17) is 0 Å². The number of benzene rings is 2. The molecule has 0 radical (unpaired) electrons. The van der Waals surface area contributed by atoms with Gasteiger partial charge in [0, 0.05) is 13.1 Å². The Kier molecular flexibility index (Phi) is 5.07. The van der Waals surface area contributed by atoms with E-state index < -0.39 is 10.0 Å². The minimum atomic E-state index is -3.38. The molecule has 0 amide bonds. The number of aryl methyl sites for hydroxylation is 2. The van der Waals surface area contributed by atoms with Gasteiger partial charge in [-0.3, -0.25) is 0 Å². The Morgan fingerprint density at radius 1 is 0.917 bits per heavy atom. The number of hydrogen-bond acceptors (Lipinski definition) is 2. The van der Waals surface area contributed by atoms with Gasteiger partial charge in [-0.15, -0.1) is 0 Å². The first-order valence-corrected chi connectivity index (χ1v) is 10.0. The highest BCUT2D eigenvalue weighted by Crippen LogP contribution is 2.31. The molecule has 1 unspecified atom stereocenters. The fourth-order valence-corrected chi connectivity index (χ4v) is 5.02. The summed E-state index contributed by atoms with van der Waals surface area (Å²) in [4.78, 5) is 0.405. The Morgan fingerprint density at radius 2 is 1.62 bits per heavy atom. The molecule has 1 aliphatic heterocycles.